The Bertz CT molecular complexity index is 770. The summed E-state index contributed by atoms with van der Waals surface area (Å²) in [7, 11) is 5.72. The van der Waals surface area contributed by atoms with E-state index in [4.69, 9.17) is 14.2 Å². The van der Waals surface area contributed by atoms with E-state index in [0.717, 1.165) is 41.9 Å². The molecule has 31 heavy (non-hydrogen) atoms. The maximum atomic E-state index is 5.92. The van der Waals surface area contributed by atoms with Gasteiger partial charge in [0.2, 0.25) is 0 Å². The van der Waals surface area contributed by atoms with Crippen LogP contribution in [0.25, 0.3) is 0 Å². The molecule has 0 aliphatic rings. The summed E-state index contributed by atoms with van der Waals surface area (Å²) >= 11 is 0. The Morgan fingerprint density at radius 2 is 1.65 bits per heavy atom. The van der Waals surface area contributed by atoms with Crippen LogP contribution < -0.4 is 24.8 Å². The van der Waals surface area contributed by atoms with E-state index >= 15 is 0 Å². The molecule has 2 aromatic carbocycles. The lowest BCUT2D eigenvalue weighted by Gasteiger charge is -2.14. The number of likely N-dealkylation sites (N-methyl/N-ethyl adjacent to an activating group) is 1. The number of rotatable bonds is 12. The number of nitrogens with zero attached hydrogens (tertiary/aromatic N) is 2. The molecule has 0 aromatic heterocycles. The predicted molar refractivity (Wildman–Crippen MR) is 137 cm³/mol. The van der Waals surface area contributed by atoms with Crippen LogP contribution in [0.3, 0.4) is 0 Å². The first-order valence-electron chi connectivity index (χ1n) is 10.3. The molecule has 0 aliphatic carbocycles. The van der Waals surface area contributed by atoms with E-state index in [2.05, 4.69) is 20.5 Å². The minimum atomic E-state index is 0. The second-order valence-electron chi connectivity index (χ2n) is 6.91. The SMILES string of the molecule is CCNC(=NCc1ccccc1OCCN(C)C)NCCOc1ccc(OC)cc1.I. The molecule has 7 nitrogen and oxygen atoms in total. The lowest BCUT2D eigenvalue weighted by atomic mass is 10.2. The van der Waals surface area contributed by atoms with E-state index in [1.165, 1.54) is 0 Å². The summed E-state index contributed by atoms with van der Waals surface area (Å²) in [6.07, 6.45) is 0. The van der Waals surface area contributed by atoms with Crippen molar-refractivity contribution >= 4 is 29.9 Å². The Morgan fingerprint density at radius 3 is 2.32 bits per heavy atom. The van der Waals surface area contributed by atoms with Gasteiger partial charge in [-0.1, -0.05) is 18.2 Å². The van der Waals surface area contributed by atoms with Gasteiger partial charge in [0.05, 0.1) is 20.2 Å². The highest BCUT2D eigenvalue weighted by Crippen LogP contribution is 2.19. The Morgan fingerprint density at radius 1 is 0.935 bits per heavy atom. The van der Waals surface area contributed by atoms with Gasteiger partial charge in [0.15, 0.2) is 5.96 Å². The molecule has 0 bridgehead atoms. The topological polar surface area (TPSA) is 67.4 Å². The van der Waals surface area contributed by atoms with Crippen molar-refractivity contribution in [3.8, 4) is 17.2 Å². The first-order valence-corrected chi connectivity index (χ1v) is 10.3. The zero-order valence-corrected chi connectivity index (χ0v) is 21.2. The molecule has 0 amide bonds. The molecular weight excluding hydrogens is 507 g/mol. The van der Waals surface area contributed by atoms with Crippen LogP contribution in [0, 0.1) is 0 Å². The number of para-hydroxylation sites is 1. The van der Waals surface area contributed by atoms with Gasteiger partial charge in [-0.3, -0.25) is 0 Å². The highest BCUT2D eigenvalue weighted by atomic mass is 127. The molecule has 0 atom stereocenters. The molecule has 0 saturated heterocycles. The second-order valence-corrected chi connectivity index (χ2v) is 6.91. The fourth-order valence-electron chi connectivity index (χ4n) is 2.63. The molecule has 8 heteroatoms. The summed E-state index contributed by atoms with van der Waals surface area (Å²) in [5.74, 6) is 3.25. The van der Waals surface area contributed by atoms with Gasteiger partial charge in [-0.2, -0.15) is 0 Å². The second kappa shape index (κ2) is 15.6. The summed E-state index contributed by atoms with van der Waals surface area (Å²) in [4.78, 5) is 6.79. The van der Waals surface area contributed by atoms with Crippen molar-refractivity contribution in [3.05, 3.63) is 54.1 Å². The lowest BCUT2D eigenvalue weighted by molar-refractivity contribution is 0.259. The third kappa shape index (κ3) is 10.6. The fourth-order valence-corrected chi connectivity index (χ4v) is 2.63. The van der Waals surface area contributed by atoms with E-state index < -0.39 is 0 Å². The standard InChI is InChI=1S/C23H34N4O3.HI/c1-5-24-23(25-14-16-29-21-12-10-20(28-4)11-13-21)26-18-19-8-6-7-9-22(19)30-17-15-27(2)3;/h6-13H,5,14-18H2,1-4H3,(H2,24,25,26);1H. The van der Waals surface area contributed by atoms with Gasteiger partial charge in [0, 0.05) is 18.7 Å². The zero-order chi connectivity index (χ0) is 21.6. The molecule has 172 valence electrons. The van der Waals surface area contributed by atoms with Crippen LogP contribution in [0.5, 0.6) is 17.2 Å². The highest BCUT2D eigenvalue weighted by molar-refractivity contribution is 14.0. The Kier molecular flexibility index (Phi) is 13.5. The largest absolute Gasteiger partial charge is 0.497 e. The first kappa shape index (κ1) is 26.8. The molecule has 0 fully saturated rings. The number of nitrogens with one attached hydrogen (secondary N) is 2. The number of benzene rings is 2. The third-order valence-corrected chi connectivity index (χ3v) is 4.24. The molecule has 0 heterocycles. The van der Waals surface area contributed by atoms with E-state index in [9.17, 15) is 0 Å². The van der Waals surface area contributed by atoms with Crippen molar-refractivity contribution in [3.63, 3.8) is 0 Å². The van der Waals surface area contributed by atoms with Gasteiger partial charge in [-0.25, -0.2) is 4.99 Å². The van der Waals surface area contributed by atoms with Gasteiger partial charge >= 0.3 is 0 Å². The van der Waals surface area contributed by atoms with Crippen molar-refractivity contribution in [1.82, 2.24) is 15.5 Å². The average Bonchev–Trinajstić information content (AvgIpc) is 2.76. The minimum Gasteiger partial charge on any atom is -0.497 e. The van der Waals surface area contributed by atoms with E-state index in [1.807, 2.05) is 69.6 Å². The summed E-state index contributed by atoms with van der Waals surface area (Å²) in [6.45, 7) is 6.05. The molecule has 2 rings (SSSR count). The molecule has 2 aromatic rings. The zero-order valence-electron chi connectivity index (χ0n) is 18.9. The van der Waals surface area contributed by atoms with Crippen LogP contribution in [0.2, 0.25) is 0 Å². The number of methoxy groups -OCH3 is 1. The van der Waals surface area contributed by atoms with Gasteiger partial charge in [-0.05, 0) is 51.4 Å². The molecule has 0 saturated carbocycles. The Hall–Kier alpha value is -2.20. The van der Waals surface area contributed by atoms with Crippen molar-refractivity contribution in [2.45, 2.75) is 13.5 Å². The number of aliphatic imine (C=N–C) groups is 1. The lowest BCUT2D eigenvalue weighted by Crippen LogP contribution is -2.39. The molecule has 0 aliphatic heterocycles. The number of halogens is 1. The maximum Gasteiger partial charge on any atom is 0.191 e. The maximum absolute atomic E-state index is 5.92. The van der Waals surface area contributed by atoms with Gasteiger partial charge in [-0.15, -0.1) is 24.0 Å². The van der Waals surface area contributed by atoms with Gasteiger partial charge in [0.1, 0.15) is 30.5 Å². The summed E-state index contributed by atoms with van der Waals surface area (Å²) in [6, 6.07) is 15.6. The predicted octanol–water partition coefficient (Wildman–Crippen LogP) is 3.39. The van der Waals surface area contributed by atoms with Gasteiger partial charge < -0.3 is 29.7 Å². The Balaban J connectivity index is 0.00000480. The van der Waals surface area contributed by atoms with E-state index in [0.29, 0.717) is 26.3 Å². The minimum absolute atomic E-state index is 0. The van der Waals surface area contributed by atoms with Crippen LogP contribution in [-0.4, -0.2) is 64.9 Å². The normalized spacial score (nSPS) is 10.9. The van der Waals surface area contributed by atoms with Crippen LogP contribution in [0.4, 0.5) is 0 Å². The average molecular weight is 542 g/mol. The highest BCUT2D eigenvalue weighted by Gasteiger charge is 2.04. The number of ether oxygens (including phenoxy) is 3. The fraction of sp³-hybridized carbons (Fsp3) is 0.435. The molecule has 0 radical (unpaired) electrons. The van der Waals surface area contributed by atoms with Crippen molar-refractivity contribution < 1.29 is 14.2 Å². The number of guanidine groups is 1. The quantitative estimate of drug-likeness (QED) is 0.186. The Labute approximate surface area is 203 Å². The molecular formula is C23H35IN4O3. The van der Waals surface area contributed by atoms with Crippen LogP contribution >= 0.6 is 24.0 Å². The third-order valence-electron chi connectivity index (χ3n) is 4.24. The van der Waals surface area contributed by atoms with Crippen molar-refractivity contribution in [1.29, 1.82) is 0 Å². The summed E-state index contributed by atoms with van der Waals surface area (Å²) in [5.41, 5.74) is 1.06. The summed E-state index contributed by atoms with van der Waals surface area (Å²) in [5, 5.41) is 6.57. The number of hydrogen-bond donors (Lipinski definition) is 2. The van der Waals surface area contributed by atoms with Crippen LogP contribution in [0.15, 0.2) is 53.5 Å². The number of hydrogen-bond acceptors (Lipinski definition) is 5. The molecule has 0 spiro atoms. The molecule has 2 N–H and O–H groups in total. The monoisotopic (exact) mass is 542 g/mol. The first-order chi connectivity index (χ1) is 14.6. The van der Waals surface area contributed by atoms with E-state index in [-0.39, 0.29) is 24.0 Å². The molecule has 0 unspecified atom stereocenters. The van der Waals surface area contributed by atoms with Crippen LogP contribution in [-0.2, 0) is 6.54 Å². The smallest absolute Gasteiger partial charge is 0.191 e. The van der Waals surface area contributed by atoms with Crippen molar-refractivity contribution in [2.24, 2.45) is 4.99 Å². The van der Waals surface area contributed by atoms with Crippen molar-refractivity contribution in [2.75, 3.05) is 54.1 Å². The van der Waals surface area contributed by atoms with E-state index in [1.54, 1.807) is 7.11 Å². The van der Waals surface area contributed by atoms with Gasteiger partial charge in [0.25, 0.3) is 0 Å². The summed E-state index contributed by atoms with van der Waals surface area (Å²) < 4.78 is 16.8. The van der Waals surface area contributed by atoms with Crippen LogP contribution in [0.1, 0.15) is 12.5 Å².